The molecule has 1 atom stereocenters. The Labute approximate surface area is 97.4 Å². The van der Waals surface area contributed by atoms with Crippen molar-refractivity contribution in [3.8, 4) is 0 Å². The molecule has 1 rings (SSSR count). The Morgan fingerprint density at radius 2 is 2.12 bits per heavy atom. The number of carbonyl (C=O) groups excluding carboxylic acids is 1. The van der Waals surface area contributed by atoms with Gasteiger partial charge in [0.05, 0.1) is 7.11 Å². The normalized spacial score (nSPS) is 13.4. The number of aromatic nitrogens is 1. The van der Waals surface area contributed by atoms with E-state index in [2.05, 4.69) is 9.72 Å². The topological polar surface area (TPSA) is 99.3 Å². The van der Waals surface area contributed by atoms with Gasteiger partial charge in [0.2, 0.25) is 0 Å². The second kappa shape index (κ2) is 4.38. The van der Waals surface area contributed by atoms with E-state index in [1.807, 2.05) is 0 Å². The molecule has 0 saturated heterocycles. The number of ether oxygens (including phenoxy) is 1. The third-order valence-corrected chi connectivity index (χ3v) is 4.76. The summed E-state index contributed by atoms with van der Waals surface area (Å²) in [6, 6.07) is 0. The molecule has 8 heteroatoms. The molecule has 0 amide bonds. The lowest BCUT2D eigenvalue weighted by Crippen LogP contribution is -2.09. The minimum absolute atomic E-state index is 0.0296. The Kier molecular flexibility index (Phi) is 3.54. The smallest absolute Gasteiger partial charge is 0.359 e. The molecule has 1 heterocycles. The molecule has 0 saturated carbocycles. The molecule has 2 N–H and O–H groups in total. The number of anilines is 1. The van der Waals surface area contributed by atoms with E-state index in [1.54, 1.807) is 0 Å². The van der Waals surface area contributed by atoms with Gasteiger partial charge in [-0.3, -0.25) is 0 Å². The predicted octanol–water partition coefficient (Wildman–Crippen LogP) is 0.618. The Bertz CT molecular complexity index is 506. The number of hydrogen-bond donors (Lipinski definition) is 1. The summed E-state index contributed by atoms with van der Waals surface area (Å²) < 4.78 is 27.1. The molecule has 0 radical (unpaired) electrons. The van der Waals surface area contributed by atoms with Crippen LogP contribution in [0.1, 0.15) is 27.7 Å². The van der Waals surface area contributed by atoms with Gasteiger partial charge in [-0.2, -0.15) is 0 Å². The fourth-order valence-corrected chi connectivity index (χ4v) is 2.79. The van der Waals surface area contributed by atoms with Crippen molar-refractivity contribution in [1.82, 2.24) is 4.98 Å². The third-order valence-electron chi connectivity index (χ3n) is 2.04. The van der Waals surface area contributed by atoms with Gasteiger partial charge in [0, 0.05) is 6.26 Å². The van der Waals surface area contributed by atoms with Crippen LogP contribution in [-0.2, 0) is 14.6 Å². The zero-order valence-electron chi connectivity index (χ0n) is 9.05. The Morgan fingerprint density at radius 1 is 1.56 bits per heavy atom. The first-order valence-corrected chi connectivity index (χ1v) is 7.08. The Balaban J connectivity index is 3.16. The van der Waals surface area contributed by atoms with Crippen LogP contribution in [0.3, 0.4) is 0 Å². The predicted molar refractivity (Wildman–Crippen MR) is 61.1 cm³/mol. The van der Waals surface area contributed by atoms with Crippen molar-refractivity contribution in [2.24, 2.45) is 0 Å². The van der Waals surface area contributed by atoms with Crippen molar-refractivity contribution < 1.29 is 17.9 Å². The number of rotatable bonds is 3. The van der Waals surface area contributed by atoms with E-state index in [1.165, 1.54) is 14.0 Å². The number of nitrogens with zero attached hydrogens (tertiary/aromatic N) is 1. The van der Waals surface area contributed by atoms with Gasteiger partial charge in [-0.25, -0.2) is 18.2 Å². The van der Waals surface area contributed by atoms with Crippen LogP contribution < -0.4 is 5.73 Å². The van der Waals surface area contributed by atoms with Crippen LogP contribution in [0.15, 0.2) is 0 Å². The van der Waals surface area contributed by atoms with Gasteiger partial charge in [0.1, 0.15) is 15.3 Å². The minimum Gasteiger partial charge on any atom is -0.464 e. The second-order valence-corrected chi connectivity index (χ2v) is 6.66. The number of methoxy groups -OCH3 is 1. The standard InChI is InChI=1S/C8H12N2O4S2/c1-4(16(3,12)13)7-10-5(6(9)15-7)8(11)14-2/h4H,9H2,1-3H3. The molecule has 0 bridgehead atoms. The molecule has 90 valence electrons. The largest absolute Gasteiger partial charge is 0.464 e. The van der Waals surface area contributed by atoms with Gasteiger partial charge in [0.15, 0.2) is 15.5 Å². The van der Waals surface area contributed by atoms with Gasteiger partial charge < -0.3 is 10.5 Å². The number of sulfone groups is 1. The first-order chi connectivity index (χ1) is 7.27. The van der Waals surface area contributed by atoms with E-state index in [0.29, 0.717) is 5.01 Å². The number of carbonyl (C=O) groups is 1. The van der Waals surface area contributed by atoms with Crippen LogP contribution in [0.5, 0.6) is 0 Å². The average molecular weight is 264 g/mol. The van der Waals surface area contributed by atoms with E-state index >= 15 is 0 Å². The lowest BCUT2D eigenvalue weighted by Gasteiger charge is -2.03. The molecule has 1 aromatic rings. The van der Waals surface area contributed by atoms with Crippen molar-refractivity contribution in [3.05, 3.63) is 10.7 Å². The molecule has 6 nitrogen and oxygen atoms in total. The van der Waals surface area contributed by atoms with Gasteiger partial charge >= 0.3 is 5.97 Å². The number of hydrogen-bond acceptors (Lipinski definition) is 7. The number of thiazole rings is 1. The first-order valence-electron chi connectivity index (χ1n) is 4.30. The van der Waals surface area contributed by atoms with E-state index in [-0.39, 0.29) is 10.7 Å². The molecule has 0 fully saturated rings. The molecule has 0 aliphatic heterocycles. The highest BCUT2D eigenvalue weighted by Gasteiger charge is 2.25. The van der Waals surface area contributed by atoms with E-state index in [9.17, 15) is 13.2 Å². The summed E-state index contributed by atoms with van der Waals surface area (Å²) in [6.07, 6.45) is 1.10. The van der Waals surface area contributed by atoms with Crippen LogP contribution >= 0.6 is 11.3 Å². The number of nitrogens with two attached hydrogens (primary N) is 1. The van der Waals surface area contributed by atoms with Crippen molar-refractivity contribution in [1.29, 1.82) is 0 Å². The summed E-state index contributed by atoms with van der Waals surface area (Å²) in [5.41, 5.74) is 5.53. The second-order valence-electron chi connectivity index (χ2n) is 3.23. The summed E-state index contributed by atoms with van der Waals surface area (Å²) in [6.45, 7) is 1.49. The fourth-order valence-electron chi connectivity index (χ4n) is 0.949. The van der Waals surface area contributed by atoms with Crippen LogP contribution in [0.2, 0.25) is 0 Å². The van der Waals surface area contributed by atoms with E-state index in [0.717, 1.165) is 17.6 Å². The highest BCUT2D eigenvalue weighted by Crippen LogP contribution is 2.30. The maximum atomic E-state index is 11.3. The molecular weight excluding hydrogens is 252 g/mol. The van der Waals surface area contributed by atoms with E-state index in [4.69, 9.17) is 5.73 Å². The molecule has 0 spiro atoms. The Morgan fingerprint density at radius 3 is 2.56 bits per heavy atom. The first kappa shape index (κ1) is 12.9. The zero-order valence-corrected chi connectivity index (χ0v) is 10.7. The molecule has 0 aromatic carbocycles. The summed E-state index contributed by atoms with van der Waals surface area (Å²) in [5.74, 6) is -0.666. The van der Waals surface area contributed by atoms with E-state index < -0.39 is 21.1 Å². The maximum Gasteiger partial charge on any atom is 0.359 e. The van der Waals surface area contributed by atoms with Gasteiger partial charge in [-0.05, 0) is 6.92 Å². The SMILES string of the molecule is COC(=O)c1nc(C(C)S(C)(=O)=O)sc1N. The summed E-state index contributed by atoms with van der Waals surface area (Å²) >= 11 is 0.980. The lowest BCUT2D eigenvalue weighted by molar-refractivity contribution is 0.0596. The maximum absolute atomic E-state index is 11.3. The fraction of sp³-hybridized carbons (Fsp3) is 0.500. The molecular formula is C8H12N2O4S2. The zero-order chi connectivity index (χ0) is 12.5. The number of esters is 1. The van der Waals surface area contributed by atoms with Gasteiger partial charge in [-0.15, -0.1) is 0 Å². The van der Waals surface area contributed by atoms with Crippen LogP contribution in [-0.4, -0.2) is 32.7 Å². The highest BCUT2D eigenvalue weighted by molar-refractivity contribution is 7.91. The molecule has 1 unspecified atom stereocenters. The minimum atomic E-state index is -3.25. The third kappa shape index (κ3) is 2.50. The van der Waals surface area contributed by atoms with Gasteiger partial charge in [-0.1, -0.05) is 11.3 Å². The van der Waals surface area contributed by atoms with Crippen molar-refractivity contribution in [3.63, 3.8) is 0 Å². The monoisotopic (exact) mass is 264 g/mol. The number of nitrogen functional groups attached to an aromatic ring is 1. The van der Waals surface area contributed by atoms with Crippen LogP contribution in [0.25, 0.3) is 0 Å². The average Bonchev–Trinajstić information content (AvgIpc) is 2.56. The summed E-state index contributed by atoms with van der Waals surface area (Å²) in [4.78, 5) is 15.1. The molecule has 0 aliphatic carbocycles. The van der Waals surface area contributed by atoms with Crippen molar-refractivity contribution >= 4 is 32.1 Å². The lowest BCUT2D eigenvalue weighted by atomic mass is 10.4. The van der Waals surface area contributed by atoms with Gasteiger partial charge in [0.25, 0.3) is 0 Å². The Hall–Kier alpha value is -1.15. The summed E-state index contributed by atoms with van der Waals surface area (Å²) in [5, 5.41) is -0.323. The quantitative estimate of drug-likeness (QED) is 0.803. The highest BCUT2D eigenvalue weighted by atomic mass is 32.2. The molecule has 16 heavy (non-hydrogen) atoms. The molecule has 1 aromatic heterocycles. The van der Waals surface area contributed by atoms with Crippen molar-refractivity contribution in [2.45, 2.75) is 12.2 Å². The van der Waals surface area contributed by atoms with Crippen molar-refractivity contribution in [2.75, 3.05) is 19.1 Å². The van der Waals surface area contributed by atoms with Crippen LogP contribution in [0, 0.1) is 0 Å². The van der Waals surface area contributed by atoms with Crippen LogP contribution in [0.4, 0.5) is 5.00 Å². The molecule has 0 aliphatic rings. The summed E-state index contributed by atoms with van der Waals surface area (Å²) in [7, 11) is -2.04.